The van der Waals surface area contributed by atoms with Crippen LogP contribution in [-0.4, -0.2) is 34.7 Å². The fourth-order valence-electron chi connectivity index (χ4n) is 4.33. The molecule has 0 bridgehead atoms. The molecule has 2 N–H and O–H groups in total. The Morgan fingerprint density at radius 1 is 0.421 bits per heavy atom. The maximum absolute atomic E-state index is 11.7. The van der Waals surface area contributed by atoms with Gasteiger partial charge in [0.2, 0.25) is 0 Å². The van der Waals surface area contributed by atoms with Crippen LogP contribution in [0.3, 0.4) is 0 Å². The van der Waals surface area contributed by atoms with Crippen LogP contribution in [0.1, 0.15) is 181 Å². The summed E-state index contributed by atoms with van der Waals surface area (Å²) in [5.41, 5.74) is 0. The van der Waals surface area contributed by atoms with Crippen molar-refractivity contribution in [3.63, 3.8) is 0 Å². The van der Waals surface area contributed by atoms with Crippen LogP contribution < -0.4 is 0 Å². The Balaban J connectivity index is 0. The molecule has 0 saturated carbocycles. The Morgan fingerprint density at radius 3 is 1.05 bits per heavy atom. The number of carboxylic acid groups (broad SMARTS) is 2. The van der Waals surface area contributed by atoms with Crippen LogP contribution in [0.25, 0.3) is 0 Å². The number of unbranched alkanes of at least 4 members (excludes halogenated alkanes) is 20. The van der Waals surface area contributed by atoms with Gasteiger partial charge in [-0.1, -0.05) is 136 Å². The number of rotatable bonds is 28. The fourth-order valence-corrected chi connectivity index (χ4v) is 4.33. The van der Waals surface area contributed by atoms with Crippen molar-refractivity contribution in [3.05, 3.63) is 0 Å². The quantitative estimate of drug-likeness (QED) is 0.0753. The molecule has 0 aliphatic carbocycles. The summed E-state index contributed by atoms with van der Waals surface area (Å²) in [5.74, 6) is -1.72. The molecule has 226 valence electrons. The molecule has 38 heavy (non-hydrogen) atoms. The van der Waals surface area contributed by atoms with Gasteiger partial charge in [0.1, 0.15) is 0 Å². The minimum absolute atomic E-state index is 0.0169. The van der Waals surface area contributed by atoms with Crippen molar-refractivity contribution in [2.45, 2.75) is 181 Å². The van der Waals surface area contributed by atoms with Crippen molar-refractivity contribution >= 4 is 17.9 Å². The summed E-state index contributed by atoms with van der Waals surface area (Å²) in [5, 5.41) is 16.3. The summed E-state index contributed by atoms with van der Waals surface area (Å²) in [6.07, 6.45) is 29.5. The molecule has 0 amide bonds. The van der Waals surface area contributed by atoms with Crippen molar-refractivity contribution in [1.82, 2.24) is 0 Å². The van der Waals surface area contributed by atoms with Gasteiger partial charge in [-0.2, -0.15) is 0 Å². The Morgan fingerprint density at radius 2 is 0.711 bits per heavy atom. The lowest BCUT2D eigenvalue weighted by Gasteiger charge is -2.05. The van der Waals surface area contributed by atoms with Crippen LogP contribution >= 0.6 is 0 Å². The van der Waals surface area contributed by atoms with Gasteiger partial charge in [0.05, 0.1) is 6.61 Å². The lowest BCUT2D eigenvalue weighted by atomic mass is 10.0. The lowest BCUT2D eigenvalue weighted by Crippen LogP contribution is -2.05. The molecule has 0 aromatic heterocycles. The van der Waals surface area contributed by atoms with E-state index in [-0.39, 0.29) is 18.8 Å². The molecule has 0 aromatic carbocycles. The van der Waals surface area contributed by atoms with E-state index in [1.807, 2.05) is 0 Å². The molecule has 0 unspecified atom stereocenters. The number of carbonyl (C=O) groups is 3. The van der Waals surface area contributed by atoms with Gasteiger partial charge >= 0.3 is 17.9 Å². The fraction of sp³-hybridized carbons (Fsp3) is 0.906. The molecule has 0 aliphatic rings. The maximum Gasteiger partial charge on any atom is 0.305 e. The molecule has 0 aliphatic heterocycles. The molecule has 0 rings (SSSR count). The average Bonchev–Trinajstić information content (AvgIpc) is 2.88. The highest BCUT2D eigenvalue weighted by Gasteiger charge is 2.03. The molecule has 0 heterocycles. The number of aliphatic carboxylic acids is 2. The zero-order valence-electron chi connectivity index (χ0n) is 25.1. The molecule has 0 aromatic rings. The van der Waals surface area contributed by atoms with E-state index >= 15 is 0 Å². The highest BCUT2D eigenvalue weighted by atomic mass is 16.5. The first-order valence-corrected chi connectivity index (χ1v) is 16.0. The van der Waals surface area contributed by atoms with Gasteiger partial charge in [-0.3, -0.25) is 14.4 Å². The number of hydrogen-bond acceptors (Lipinski definition) is 4. The highest BCUT2D eigenvalue weighted by Crippen LogP contribution is 2.14. The van der Waals surface area contributed by atoms with Gasteiger partial charge in [-0.05, 0) is 25.7 Å². The minimum atomic E-state index is -0.870. The second kappa shape index (κ2) is 33.4. The Bertz CT molecular complexity index is 504. The molecule has 0 spiro atoms. The monoisotopic (exact) mass is 542 g/mol. The van der Waals surface area contributed by atoms with Crippen molar-refractivity contribution in [3.8, 4) is 0 Å². The van der Waals surface area contributed by atoms with Crippen LogP contribution in [0.2, 0.25) is 0 Å². The van der Waals surface area contributed by atoms with Crippen LogP contribution in [0.4, 0.5) is 0 Å². The van der Waals surface area contributed by atoms with Crippen LogP contribution in [0.15, 0.2) is 0 Å². The van der Waals surface area contributed by atoms with E-state index < -0.39 is 11.9 Å². The standard InChI is InChI=1S/C26H52O2.C6H10O4/c1-3-5-7-9-11-12-13-14-15-16-17-18-19-20-22-24-26(27)28-25-23-21-10-8-6-4-2;7-5(8)3-1-2-4-6(9)10/h3-25H2,1-2H3;1-4H2,(H,7,8)(H,9,10). The van der Waals surface area contributed by atoms with E-state index in [1.165, 1.54) is 122 Å². The van der Waals surface area contributed by atoms with Gasteiger partial charge < -0.3 is 14.9 Å². The largest absolute Gasteiger partial charge is 0.481 e. The molecule has 0 radical (unpaired) electrons. The predicted molar refractivity (Wildman–Crippen MR) is 158 cm³/mol. The smallest absolute Gasteiger partial charge is 0.305 e. The summed E-state index contributed by atoms with van der Waals surface area (Å²) in [4.78, 5) is 31.5. The molecule has 6 nitrogen and oxygen atoms in total. The summed E-state index contributed by atoms with van der Waals surface area (Å²) >= 11 is 0. The van der Waals surface area contributed by atoms with Gasteiger partial charge in [-0.15, -0.1) is 0 Å². The van der Waals surface area contributed by atoms with Gasteiger partial charge in [-0.25, -0.2) is 0 Å². The topological polar surface area (TPSA) is 101 Å². The van der Waals surface area contributed by atoms with E-state index in [2.05, 4.69) is 13.8 Å². The lowest BCUT2D eigenvalue weighted by molar-refractivity contribution is -0.144. The van der Waals surface area contributed by atoms with Crippen molar-refractivity contribution in [1.29, 1.82) is 0 Å². The first-order valence-electron chi connectivity index (χ1n) is 16.0. The molecule has 0 fully saturated rings. The van der Waals surface area contributed by atoms with Crippen molar-refractivity contribution in [2.75, 3.05) is 6.61 Å². The first kappa shape index (κ1) is 38.6. The van der Waals surface area contributed by atoms with Gasteiger partial charge in [0.15, 0.2) is 0 Å². The number of carbonyl (C=O) groups excluding carboxylic acids is 1. The number of ether oxygens (including phenoxy) is 1. The Kier molecular flexibility index (Phi) is 33.9. The van der Waals surface area contributed by atoms with Crippen molar-refractivity contribution < 1.29 is 29.3 Å². The molecule has 6 heteroatoms. The number of hydrogen-bond donors (Lipinski definition) is 2. The minimum Gasteiger partial charge on any atom is -0.481 e. The number of carboxylic acids is 2. The van der Waals surface area contributed by atoms with Crippen LogP contribution in [-0.2, 0) is 19.1 Å². The zero-order valence-corrected chi connectivity index (χ0v) is 25.1. The zero-order chi connectivity index (χ0) is 28.5. The molecule has 0 saturated heterocycles. The predicted octanol–water partition coefficient (Wildman–Crippen LogP) is 9.87. The van der Waals surface area contributed by atoms with Crippen LogP contribution in [0, 0.1) is 0 Å². The highest BCUT2D eigenvalue weighted by molar-refractivity contribution is 5.69. The molecule has 0 atom stereocenters. The SMILES string of the molecule is CCCCCCCCCCCCCCCCCC(=O)OCCCCCCCC.O=C(O)CCCCC(=O)O. The van der Waals surface area contributed by atoms with Gasteiger partial charge in [0, 0.05) is 19.3 Å². The summed E-state index contributed by atoms with van der Waals surface area (Å²) < 4.78 is 5.33. The summed E-state index contributed by atoms with van der Waals surface area (Å²) in [7, 11) is 0. The normalized spacial score (nSPS) is 10.6. The van der Waals surface area contributed by atoms with E-state index in [1.54, 1.807) is 0 Å². The second-order valence-corrected chi connectivity index (χ2v) is 10.7. The third-order valence-corrected chi connectivity index (χ3v) is 6.78. The Hall–Kier alpha value is -1.59. The second-order valence-electron chi connectivity index (χ2n) is 10.7. The first-order chi connectivity index (χ1) is 18.4. The molecular formula is C32H62O6. The van der Waals surface area contributed by atoms with E-state index in [0.29, 0.717) is 25.9 Å². The van der Waals surface area contributed by atoms with Gasteiger partial charge in [0.25, 0.3) is 0 Å². The number of esters is 1. The van der Waals surface area contributed by atoms with Crippen molar-refractivity contribution in [2.24, 2.45) is 0 Å². The average molecular weight is 543 g/mol. The van der Waals surface area contributed by atoms with E-state index in [0.717, 1.165) is 12.8 Å². The Labute approximate surface area is 234 Å². The maximum atomic E-state index is 11.7. The third kappa shape index (κ3) is 38.9. The third-order valence-electron chi connectivity index (χ3n) is 6.78. The van der Waals surface area contributed by atoms with Crippen LogP contribution in [0.5, 0.6) is 0 Å². The summed E-state index contributed by atoms with van der Waals surface area (Å²) in [6, 6.07) is 0. The summed E-state index contributed by atoms with van der Waals surface area (Å²) in [6.45, 7) is 5.15. The van der Waals surface area contributed by atoms with E-state index in [9.17, 15) is 14.4 Å². The molecular weight excluding hydrogens is 480 g/mol. The van der Waals surface area contributed by atoms with E-state index in [4.69, 9.17) is 14.9 Å².